The highest BCUT2D eigenvalue weighted by Gasteiger charge is 2.18. The molecule has 0 saturated heterocycles. The second-order valence-electron chi connectivity index (χ2n) is 4.48. The first-order chi connectivity index (χ1) is 8.32. The maximum Gasteiger partial charge on any atom is 0.303 e. The molecule has 0 aliphatic carbocycles. The molecular weight excluding hydrogens is 234 g/mol. The van der Waals surface area contributed by atoms with E-state index >= 15 is 0 Å². The summed E-state index contributed by atoms with van der Waals surface area (Å²) in [5, 5.41) is 15.5. The van der Waals surface area contributed by atoms with Gasteiger partial charge in [0.2, 0.25) is 0 Å². The van der Waals surface area contributed by atoms with Crippen molar-refractivity contribution in [3.8, 4) is 0 Å². The number of aliphatic carboxylic acids is 1. The van der Waals surface area contributed by atoms with E-state index in [9.17, 15) is 9.59 Å². The molecule has 1 unspecified atom stereocenters. The molecule has 1 atom stereocenters. The number of hydrogen-bond acceptors (Lipinski definition) is 3. The summed E-state index contributed by atoms with van der Waals surface area (Å²) in [5.41, 5.74) is 2.05. The normalized spacial score (nSPS) is 12.2. The average Bonchev–Trinajstić information content (AvgIpc) is 2.50. The second-order valence-corrected chi connectivity index (χ2v) is 4.48. The van der Waals surface area contributed by atoms with Crippen LogP contribution >= 0.6 is 0 Å². The van der Waals surface area contributed by atoms with Crippen LogP contribution in [0, 0.1) is 13.8 Å². The van der Waals surface area contributed by atoms with Crippen molar-refractivity contribution in [3.05, 3.63) is 17.0 Å². The second kappa shape index (κ2) is 5.66. The summed E-state index contributed by atoms with van der Waals surface area (Å²) >= 11 is 0. The van der Waals surface area contributed by atoms with Crippen LogP contribution in [0.25, 0.3) is 0 Å². The zero-order valence-electron chi connectivity index (χ0n) is 11.1. The molecule has 0 aliphatic heterocycles. The van der Waals surface area contributed by atoms with Gasteiger partial charge in [0, 0.05) is 25.2 Å². The molecule has 0 fully saturated rings. The SMILES string of the molecule is Cc1nn(C)c(C)c1C(=O)NC(C)CCC(=O)O. The van der Waals surface area contributed by atoms with Gasteiger partial charge < -0.3 is 10.4 Å². The molecule has 1 amide bonds. The van der Waals surface area contributed by atoms with Crippen molar-refractivity contribution < 1.29 is 14.7 Å². The third-order valence-corrected chi connectivity index (χ3v) is 2.90. The van der Waals surface area contributed by atoms with Crippen molar-refractivity contribution in [2.24, 2.45) is 7.05 Å². The van der Waals surface area contributed by atoms with E-state index in [-0.39, 0.29) is 18.4 Å². The summed E-state index contributed by atoms with van der Waals surface area (Å²) in [6.45, 7) is 5.41. The molecule has 1 heterocycles. The quantitative estimate of drug-likeness (QED) is 0.820. The van der Waals surface area contributed by atoms with Gasteiger partial charge in [-0.15, -0.1) is 0 Å². The summed E-state index contributed by atoms with van der Waals surface area (Å²) in [6, 6.07) is -0.174. The summed E-state index contributed by atoms with van der Waals surface area (Å²) in [7, 11) is 1.78. The van der Waals surface area contributed by atoms with Crippen LogP contribution in [0.4, 0.5) is 0 Å². The number of amides is 1. The van der Waals surface area contributed by atoms with E-state index in [2.05, 4.69) is 10.4 Å². The molecule has 1 aromatic rings. The van der Waals surface area contributed by atoms with Gasteiger partial charge in [-0.05, 0) is 27.2 Å². The van der Waals surface area contributed by atoms with Crippen LogP contribution in [0.2, 0.25) is 0 Å². The number of nitrogens with one attached hydrogen (secondary N) is 1. The molecule has 0 spiro atoms. The number of nitrogens with zero attached hydrogens (tertiary/aromatic N) is 2. The van der Waals surface area contributed by atoms with E-state index in [1.54, 1.807) is 25.6 Å². The zero-order chi connectivity index (χ0) is 13.9. The number of hydrogen-bond donors (Lipinski definition) is 2. The summed E-state index contributed by atoms with van der Waals surface area (Å²) < 4.78 is 1.66. The Labute approximate surface area is 106 Å². The van der Waals surface area contributed by atoms with Crippen LogP contribution in [0.1, 0.15) is 41.5 Å². The van der Waals surface area contributed by atoms with Gasteiger partial charge in [-0.3, -0.25) is 14.3 Å². The third kappa shape index (κ3) is 3.32. The number of carboxylic acids is 1. The number of carboxylic acid groups (broad SMARTS) is 1. The molecule has 6 nitrogen and oxygen atoms in total. The molecular formula is C12H19N3O3. The Morgan fingerprint density at radius 3 is 2.50 bits per heavy atom. The molecule has 2 N–H and O–H groups in total. The molecule has 0 aliphatic rings. The van der Waals surface area contributed by atoms with E-state index in [4.69, 9.17) is 5.11 Å². The van der Waals surface area contributed by atoms with Crippen molar-refractivity contribution in [1.29, 1.82) is 0 Å². The highest BCUT2D eigenvalue weighted by Crippen LogP contribution is 2.12. The van der Waals surface area contributed by atoms with Gasteiger partial charge in [-0.2, -0.15) is 5.10 Å². The van der Waals surface area contributed by atoms with Gasteiger partial charge in [-0.25, -0.2) is 0 Å². The molecule has 1 rings (SSSR count). The predicted octanol–water partition coefficient (Wildman–Crippen LogP) is 1.02. The third-order valence-electron chi connectivity index (χ3n) is 2.90. The van der Waals surface area contributed by atoms with E-state index < -0.39 is 5.97 Å². The topological polar surface area (TPSA) is 84.2 Å². The van der Waals surface area contributed by atoms with Gasteiger partial charge in [0.25, 0.3) is 5.91 Å². The van der Waals surface area contributed by atoms with Crippen LogP contribution in [0.15, 0.2) is 0 Å². The van der Waals surface area contributed by atoms with Gasteiger partial charge >= 0.3 is 5.97 Å². The molecule has 0 saturated carbocycles. The lowest BCUT2D eigenvalue weighted by Crippen LogP contribution is -2.33. The number of rotatable bonds is 5. The average molecular weight is 253 g/mol. The molecule has 6 heteroatoms. The Bertz CT molecular complexity index is 465. The summed E-state index contributed by atoms with van der Waals surface area (Å²) in [4.78, 5) is 22.5. The van der Waals surface area contributed by atoms with Gasteiger partial charge in [-0.1, -0.05) is 0 Å². The van der Waals surface area contributed by atoms with Crippen molar-refractivity contribution in [2.45, 2.75) is 39.7 Å². The smallest absolute Gasteiger partial charge is 0.303 e. The summed E-state index contributed by atoms with van der Waals surface area (Å²) in [6.07, 6.45) is 0.464. The van der Waals surface area contributed by atoms with Gasteiger partial charge in [0.05, 0.1) is 11.3 Å². The maximum absolute atomic E-state index is 12.0. The lowest BCUT2D eigenvalue weighted by molar-refractivity contribution is -0.137. The van der Waals surface area contributed by atoms with Crippen molar-refractivity contribution in [3.63, 3.8) is 0 Å². The van der Waals surface area contributed by atoms with Gasteiger partial charge in [0.15, 0.2) is 0 Å². The van der Waals surface area contributed by atoms with Crippen molar-refractivity contribution >= 4 is 11.9 Å². The molecule has 0 aromatic carbocycles. The fraction of sp³-hybridized carbons (Fsp3) is 0.583. The van der Waals surface area contributed by atoms with E-state index in [0.29, 0.717) is 17.7 Å². The minimum atomic E-state index is -0.857. The predicted molar refractivity (Wildman–Crippen MR) is 66.5 cm³/mol. The fourth-order valence-corrected chi connectivity index (χ4v) is 1.81. The first-order valence-electron chi connectivity index (χ1n) is 5.85. The Balaban J connectivity index is 2.68. The van der Waals surface area contributed by atoms with Crippen LogP contribution < -0.4 is 5.32 Å². The van der Waals surface area contributed by atoms with E-state index in [1.165, 1.54) is 0 Å². The van der Waals surface area contributed by atoms with Crippen LogP contribution in [-0.4, -0.2) is 32.8 Å². The minimum Gasteiger partial charge on any atom is -0.481 e. The minimum absolute atomic E-state index is 0.0481. The number of carbonyl (C=O) groups excluding carboxylic acids is 1. The zero-order valence-corrected chi connectivity index (χ0v) is 11.1. The first kappa shape index (κ1) is 14.2. The molecule has 1 aromatic heterocycles. The lowest BCUT2D eigenvalue weighted by Gasteiger charge is -2.12. The largest absolute Gasteiger partial charge is 0.481 e. The maximum atomic E-state index is 12.0. The molecule has 100 valence electrons. The van der Waals surface area contributed by atoms with E-state index in [0.717, 1.165) is 5.69 Å². The Kier molecular flexibility index (Phi) is 4.47. The summed E-state index contributed by atoms with van der Waals surface area (Å²) in [5.74, 6) is -1.05. The van der Waals surface area contributed by atoms with Crippen LogP contribution in [-0.2, 0) is 11.8 Å². The number of carbonyl (C=O) groups is 2. The van der Waals surface area contributed by atoms with Crippen LogP contribution in [0.5, 0.6) is 0 Å². The van der Waals surface area contributed by atoms with Gasteiger partial charge in [0.1, 0.15) is 0 Å². The monoisotopic (exact) mass is 253 g/mol. The highest BCUT2D eigenvalue weighted by atomic mass is 16.4. The van der Waals surface area contributed by atoms with Crippen LogP contribution in [0.3, 0.4) is 0 Å². The molecule has 0 radical (unpaired) electrons. The first-order valence-corrected chi connectivity index (χ1v) is 5.85. The molecule has 0 bridgehead atoms. The van der Waals surface area contributed by atoms with E-state index in [1.807, 2.05) is 6.92 Å². The van der Waals surface area contributed by atoms with Crippen molar-refractivity contribution in [1.82, 2.24) is 15.1 Å². The molecule has 18 heavy (non-hydrogen) atoms. The highest BCUT2D eigenvalue weighted by molar-refractivity contribution is 5.96. The van der Waals surface area contributed by atoms with Crippen molar-refractivity contribution in [2.75, 3.05) is 0 Å². The Morgan fingerprint density at radius 2 is 2.06 bits per heavy atom. The Morgan fingerprint density at radius 1 is 1.44 bits per heavy atom. The lowest BCUT2D eigenvalue weighted by atomic mass is 10.1. The number of aryl methyl sites for hydroxylation is 2. The standard InChI is InChI=1S/C12H19N3O3/c1-7(5-6-10(16)17)13-12(18)11-8(2)14-15(4)9(11)3/h7H,5-6H2,1-4H3,(H,13,18)(H,16,17). The Hall–Kier alpha value is -1.85. The fourth-order valence-electron chi connectivity index (χ4n) is 1.81. The number of aromatic nitrogens is 2.